The Bertz CT molecular complexity index is 431. The summed E-state index contributed by atoms with van der Waals surface area (Å²) in [5.41, 5.74) is 0.395. The van der Waals surface area contributed by atoms with E-state index in [1.807, 2.05) is 4.90 Å². The molecule has 1 saturated heterocycles. The summed E-state index contributed by atoms with van der Waals surface area (Å²) < 4.78 is 37.9. The number of halogens is 3. The molecule has 18 heavy (non-hydrogen) atoms. The SMILES string of the molecule is Cc1cc(N2CCC[C@@H]2CO)ccc1C(F)(F)F. The standard InChI is InChI=1S/C13H16F3NO/c1-9-7-10(4-5-12(9)13(14,15)16)17-6-2-3-11(17)8-18/h4-5,7,11,18H,2-3,6,8H2,1H3/t11-/m1/s1. The summed E-state index contributed by atoms with van der Waals surface area (Å²) in [6.45, 7) is 2.30. The lowest BCUT2D eigenvalue weighted by atomic mass is 10.1. The summed E-state index contributed by atoms with van der Waals surface area (Å²) in [4.78, 5) is 1.98. The van der Waals surface area contributed by atoms with E-state index in [-0.39, 0.29) is 18.2 Å². The number of aliphatic hydroxyl groups is 1. The van der Waals surface area contributed by atoms with Crippen LogP contribution in [0.3, 0.4) is 0 Å². The number of aliphatic hydroxyl groups excluding tert-OH is 1. The molecule has 1 heterocycles. The number of aryl methyl sites for hydroxylation is 1. The maximum atomic E-state index is 12.6. The van der Waals surface area contributed by atoms with Crippen molar-refractivity contribution in [2.75, 3.05) is 18.1 Å². The third-order valence-electron chi connectivity index (χ3n) is 3.43. The molecule has 0 aromatic heterocycles. The summed E-state index contributed by atoms with van der Waals surface area (Å²) in [6.07, 6.45) is -2.45. The Labute approximate surface area is 104 Å². The van der Waals surface area contributed by atoms with Gasteiger partial charge in [-0.25, -0.2) is 0 Å². The fraction of sp³-hybridized carbons (Fsp3) is 0.538. The van der Waals surface area contributed by atoms with Crippen LogP contribution in [0.4, 0.5) is 18.9 Å². The van der Waals surface area contributed by atoms with Crippen molar-refractivity contribution in [3.05, 3.63) is 29.3 Å². The van der Waals surface area contributed by atoms with Gasteiger partial charge in [0.15, 0.2) is 0 Å². The van der Waals surface area contributed by atoms with Gasteiger partial charge in [-0.2, -0.15) is 13.2 Å². The van der Waals surface area contributed by atoms with E-state index in [4.69, 9.17) is 0 Å². The zero-order chi connectivity index (χ0) is 13.3. The number of benzene rings is 1. The Morgan fingerprint density at radius 3 is 2.67 bits per heavy atom. The zero-order valence-electron chi connectivity index (χ0n) is 10.2. The summed E-state index contributed by atoms with van der Waals surface area (Å²) >= 11 is 0. The van der Waals surface area contributed by atoms with E-state index in [2.05, 4.69) is 0 Å². The Balaban J connectivity index is 2.29. The van der Waals surface area contributed by atoms with Crippen LogP contribution in [0.15, 0.2) is 18.2 Å². The van der Waals surface area contributed by atoms with Gasteiger partial charge >= 0.3 is 6.18 Å². The minimum Gasteiger partial charge on any atom is -0.394 e. The molecule has 1 N–H and O–H groups in total. The van der Waals surface area contributed by atoms with E-state index in [0.717, 1.165) is 31.1 Å². The number of alkyl halides is 3. The number of hydrogen-bond donors (Lipinski definition) is 1. The van der Waals surface area contributed by atoms with Crippen molar-refractivity contribution in [1.82, 2.24) is 0 Å². The fourth-order valence-corrected chi connectivity index (χ4v) is 2.51. The maximum Gasteiger partial charge on any atom is 0.416 e. The smallest absolute Gasteiger partial charge is 0.394 e. The quantitative estimate of drug-likeness (QED) is 0.882. The van der Waals surface area contributed by atoms with Crippen LogP contribution >= 0.6 is 0 Å². The van der Waals surface area contributed by atoms with Gasteiger partial charge in [0.25, 0.3) is 0 Å². The van der Waals surface area contributed by atoms with Gasteiger partial charge in [-0.05, 0) is 43.5 Å². The molecule has 0 unspecified atom stereocenters. The second-order valence-corrected chi connectivity index (χ2v) is 4.67. The zero-order valence-corrected chi connectivity index (χ0v) is 10.2. The Hall–Kier alpha value is -1.23. The third kappa shape index (κ3) is 2.46. The maximum absolute atomic E-state index is 12.6. The Kier molecular flexibility index (Phi) is 3.52. The van der Waals surface area contributed by atoms with Gasteiger partial charge in [0.05, 0.1) is 18.2 Å². The predicted octanol–water partition coefficient (Wildman–Crippen LogP) is 2.97. The molecule has 2 rings (SSSR count). The van der Waals surface area contributed by atoms with Gasteiger partial charge in [0.1, 0.15) is 0 Å². The monoisotopic (exact) mass is 259 g/mol. The van der Waals surface area contributed by atoms with Gasteiger partial charge in [-0.3, -0.25) is 0 Å². The van der Waals surface area contributed by atoms with Gasteiger partial charge < -0.3 is 10.0 Å². The second kappa shape index (κ2) is 4.80. The van der Waals surface area contributed by atoms with Crippen LogP contribution in [0.25, 0.3) is 0 Å². The minimum absolute atomic E-state index is 0.0288. The minimum atomic E-state index is -4.30. The first kappa shape index (κ1) is 13.2. The number of hydrogen-bond acceptors (Lipinski definition) is 2. The molecule has 1 aromatic carbocycles. The highest BCUT2D eigenvalue weighted by Crippen LogP contribution is 2.35. The largest absolute Gasteiger partial charge is 0.416 e. The second-order valence-electron chi connectivity index (χ2n) is 4.67. The first-order valence-corrected chi connectivity index (χ1v) is 5.99. The summed E-state index contributed by atoms with van der Waals surface area (Å²) in [5, 5.41) is 9.23. The number of rotatable bonds is 2. The van der Waals surface area contributed by atoms with E-state index in [0.29, 0.717) is 0 Å². The van der Waals surface area contributed by atoms with Crippen LogP contribution in [-0.4, -0.2) is 24.3 Å². The molecule has 0 bridgehead atoms. The normalized spacial score (nSPS) is 20.5. The highest BCUT2D eigenvalue weighted by molar-refractivity contribution is 5.53. The highest BCUT2D eigenvalue weighted by Gasteiger charge is 2.33. The molecular weight excluding hydrogens is 243 g/mol. The molecule has 0 saturated carbocycles. The van der Waals surface area contributed by atoms with Crippen molar-refractivity contribution in [2.45, 2.75) is 32.0 Å². The van der Waals surface area contributed by atoms with Crippen molar-refractivity contribution in [2.24, 2.45) is 0 Å². The van der Waals surface area contributed by atoms with Crippen LogP contribution < -0.4 is 4.90 Å². The van der Waals surface area contributed by atoms with Crippen LogP contribution in [0.5, 0.6) is 0 Å². The van der Waals surface area contributed by atoms with Crippen molar-refractivity contribution < 1.29 is 18.3 Å². The first-order valence-electron chi connectivity index (χ1n) is 5.99. The summed E-state index contributed by atoms with van der Waals surface area (Å²) in [5.74, 6) is 0. The molecular formula is C13H16F3NO. The molecule has 1 aliphatic rings. The molecule has 1 atom stereocenters. The van der Waals surface area contributed by atoms with Gasteiger partial charge in [-0.1, -0.05) is 0 Å². The summed E-state index contributed by atoms with van der Waals surface area (Å²) in [6, 6.07) is 4.19. The van der Waals surface area contributed by atoms with E-state index in [9.17, 15) is 18.3 Å². The molecule has 1 aliphatic heterocycles. The topological polar surface area (TPSA) is 23.5 Å². The lowest BCUT2D eigenvalue weighted by Gasteiger charge is -2.26. The molecule has 0 spiro atoms. The van der Waals surface area contributed by atoms with E-state index < -0.39 is 11.7 Å². The lowest BCUT2D eigenvalue weighted by molar-refractivity contribution is -0.138. The fourth-order valence-electron chi connectivity index (χ4n) is 2.51. The third-order valence-corrected chi connectivity index (χ3v) is 3.43. The van der Waals surface area contributed by atoms with E-state index in [1.165, 1.54) is 13.0 Å². The van der Waals surface area contributed by atoms with Crippen LogP contribution in [0.2, 0.25) is 0 Å². The van der Waals surface area contributed by atoms with Gasteiger partial charge in [-0.15, -0.1) is 0 Å². The average molecular weight is 259 g/mol. The molecule has 0 aliphatic carbocycles. The Morgan fingerprint density at radius 2 is 2.11 bits per heavy atom. The van der Waals surface area contributed by atoms with E-state index >= 15 is 0 Å². The lowest BCUT2D eigenvalue weighted by Crippen LogP contribution is -2.32. The number of anilines is 1. The molecule has 5 heteroatoms. The van der Waals surface area contributed by atoms with E-state index in [1.54, 1.807) is 6.07 Å². The van der Waals surface area contributed by atoms with Crippen molar-refractivity contribution in [3.63, 3.8) is 0 Å². The van der Waals surface area contributed by atoms with Gasteiger partial charge in [0.2, 0.25) is 0 Å². The van der Waals surface area contributed by atoms with Crippen molar-refractivity contribution in [3.8, 4) is 0 Å². The molecule has 0 amide bonds. The van der Waals surface area contributed by atoms with Crippen molar-refractivity contribution in [1.29, 1.82) is 0 Å². The highest BCUT2D eigenvalue weighted by atomic mass is 19.4. The Morgan fingerprint density at radius 1 is 1.39 bits per heavy atom. The molecule has 1 aromatic rings. The summed E-state index contributed by atoms with van der Waals surface area (Å²) in [7, 11) is 0. The molecule has 0 radical (unpaired) electrons. The van der Waals surface area contributed by atoms with Crippen LogP contribution in [0, 0.1) is 6.92 Å². The molecule has 1 fully saturated rings. The van der Waals surface area contributed by atoms with Crippen molar-refractivity contribution >= 4 is 5.69 Å². The van der Waals surface area contributed by atoms with Crippen LogP contribution in [-0.2, 0) is 6.18 Å². The predicted molar refractivity (Wildman–Crippen MR) is 63.6 cm³/mol. The molecule has 100 valence electrons. The average Bonchev–Trinajstić information content (AvgIpc) is 2.74. The van der Waals surface area contributed by atoms with Gasteiger partial charge in [0, 0.05) is 12.2 Å². The first-order chi connectivity index (χ1) is 8.43. The molecule has 2 nitrogen and oxygen atoms in total. The number of nitrogens with zero attached hydrogens (tertiary/aromatic N) is 1. The van der Waals surface area contributed by atoms with Crippen LogP contribution in [0.1, 0.15) is 24.0 Å².